The van der Waals surface area contributed by atoms with E-state index in [-0.39, 0.29) is 0 Å². The molecule has 116 valence electrons. The molecule has 6 nitrogen and oxygen atoms in total. The van der Waals surface area contributed by atoms with Crippen molar-refractivity contribution in [3.63, 3.8) is 0 Å². The Bertz CT molecular complexity index is 470. The maximum Gasteiger partial charge on any atom is 0.203 e. The van der Waals surface area contributed by atoms with E-state index >= 15 is 0 Å². The number of hydrogen-bond donors (Lipinski definition) is 1. The average molecular weight is 293 g/mol. The predicted octanol–water partition coefficient (Wildman–Crippen LogP) is 0.718. The summed E-state index contributed by atoms with van der Waals surface area (Å²) >= 11 is 0. The van der Waals surface area contributed by atoms with Crippen molar-refractivity contribution >= 4 is 0 Å². The van der Waals surface area contributed by atoms with E-state index in [2.05, 4.69) is 22.4 Å². The topological polar surface area (TPSA) is 46.2 Å². The maximum absolute atomic E-state index is 5.66. The highest BCUT2D eigenvalue weighted by atomic mass is 16.6. The van der Waals surface area contributed by atoms with Crippen molar-refractivity contribution in [3.05, 3.63) is 17.7 Å². The molecule has 0 bridgehead atoms. The van der Waals surface area contributed by atoms with Gasteiger partial charge in [-0.05, 0) is 24.7 Å². The second-order valence-electron chi connectivity index (χ2n) is 5.45. The van der Waals surface area contributed by atoms with E-state index in [0.29, 0.717) is 19.0 Å². The van der Waals surface area contributed by atoms with Crippen LogP contribution in [0, 0.1) is 0 Å². The number of fused-ring (bicyclic) bond motifs is 1. The number of hydrogen-bond acceptors (Lipinski definition) is 6. The highest BCUT2D eigenvalue weighted by Gasteiger charge is 2.19. The lowest BCUT2D eigenvalue weighted by Gasteiger charge is -2.32. The SMILES string of the molecule is COc1cc(CNN2CCN(C)CC2)cc2c1OCCO2. The Kier molecular flexibility index (Phi) is 4.48. The Balaban J connectivity index is 1.65. The van der Waals surface area contributed by atoms with Crippen LogP contribution < -0.4 is 19.6 Å². The molecule has 0 unspecified atom stereocenters. The summed E-state index contributed by atoms with van der Waals surface area (Å²) in [6.07, 6.45) is 0. The van der Waals surface area contributed by atoms with Crippen LogP contribution in [0.15, 0.2) is 12.1 Å². The lowest BCUT2D eigenvalue weighted by atomic mass is 10.1. The first-order valence-electron chi connectivity index (χ1n) is 7.40. The molecule has 1 aromatic rings. The van der Waals surface area contributed by atoms with Gasteiger partial charge in [0.2, 0.25) is 5.75 Å². The summed E-state index contributed by atoms with van der Waals surface area (Å²) in [7, 11) is 3.81. The fourth-order valence-corrected chi connectivity index (χ4v) is 2.60. The van der Waals surface area contributed by atoms with E-state index in [9.17, 15) is 0 Å². The summed E-state index contributed by atoms with van der Waals surface area (Å²) in [6.45, 7) is 6.19. The van der Waals surface area contributed by atoms with Crippen molar-refractivity contribution in [1.82, 2.24) is 15.3 Å². The predicted molar refractivity (Wildman–Crippen MR) is 79.9 cm³/mol. The Morgan fingerprint density at radius 1 is 1.14 bits per heavy atom. The van der Waals surface area contributed by atoms with Gasteiger partial charge in [0.15, 0.2) is 11.5 Å². The molecule has 2 aliphatic heterocycles. The average Bonchev–Trinajstić information content (AvgIpc) is 2.53. The van der Waals surface area contributed by atoms with Gasteiger partial charge in [-0.25, -0.2) is 5.01 Å². The molecule has 0 spiro atoms. The number of benzene rings is 1. The van der Waals surface area contributed by atoms with Crippen LogP contribution in [0.4, 0.5) is 0 Å². The molecule has 1 saturated heterocycles. The van der Waals surface area contributed by atoms with E-state index in [1.807, 2.05) is 12.1 Å². The third-order valence-corrected chi connectivity index (χ3v) is 3.90. The number of piperazine rings is 1. The zero-order valence-electron chi connectivity index (χ0n) is 12.7. The van der Waals surface area contributed by atoms with Gasteiger partial charge in [0.25, 0.3) is 0 Å². The Morgan fingerprint density at radius 2 is 1.90 bits per heavy atom. The lowest BCUT2D eigenvalue weighted by molar-refractivity contribution is 0.102. The van der Waals surface area contributed by atoms with E-state index in [4.69, 9.17) is 14.2 Å². The third-order valence-electron chi connectivity index (χ3n) is 3.90. The van der Waals surface area contributed by atoms with Gasteiger partial charge in [-0.3, -0.25) is 5.43 Å². The first-order chi connectivity index (χ1) is 10.3. The number of nitrogens with zero attached hydrogens (tertiary/aromatic N) is 2. The standard InChI is InChI=1S/C15H23N3O3/c1-17-3-5-18(6-4-17)16-11-12-9-13(19-2)15-14(10-12)20-7-8-21-15/h9-10,16H,3-8,11H2,1-2H3. The normalized spacial score (nSPS) is 19.5. The summed E-state index contributed by atoms with van der Waals surface area (Å²) in [5.41, 5.74) is 4.61. The van der Waals surface area contributed by atoms with Gasteiger partial charge in [-0.1, -0.05) is 0 Å². The molecule has 0 aliphatic carbocycles. The van der Waals surface area contributed by atoms with Crippen molar-refractivity contribution in [2.24, 2.45) is 0 Å². The molecule has 1 fully saturated rings. The van der Waals surface area contributed by atoms with Crippen LogP contribution in [0.5, 0.6) is 17.2 Å². The fourth-order valence-electron chi connectivity index (χ4n) is 2.60. The van der Waals surface area contributed by atoms with Crippen molar-refractivity contribution < 1.29 is 14.2 Å². The van der Waals surface area contributed by atoms with E-state index in [0.717, 1.165) is 49.8 Å². The molecule has 0 amide bonds. The fraction of sp³-hybridized carbons (Fsp3) is 0.600. The molecular formula is C15H23N3O3. The van der Waals surface area contributed by atoms with Crippen molar-refractivity contribution in [2.75, 3.05) is 53.6 Å². The molecule has 6 heteroatoms. The first-order valence-corrected chi connectivity index (χ1v) is 7.40. The molecule has 3 rings (SSSR count). The zero-order valence-corrected chi connectivity index (χ0v) is 12.7. The quantitative estimate of drug-likeness (QED) is 0.882. The largest absolute Gasteiger partial charge is 0.493 e. The molecule has 2 aliphatic rings. The highest BCUT2D eigenvalue weighted by molar-refractivity contribution is 5.54. The molecule has 1 aromatic carbocycles. The van der Waals surface area contributed by atoms with E-state index < -0.39 is 0 Å². The van der Waals surface area contributed by atoms with Crippen LogP contribution in [0.25, 0.3) is 0 Å². The Hall–Kier alpha value is -1.50. The summed E-state index contributed by atoms with van der Waals surface area (Å²) < 4.78 is 16.7. The van der Waals surface area contributed by atoms with Crippen LogP contribution in [0.3, 0.4) is 0 Å². The van der Waals surface area contributed by atoms with Gasteiger partial charge < -0.3 is 19.1 Å². The Morgan fingerprint density at radius 3 is 2.67 bits per heavy atom. The first kappa shape index (κ1) is 14.4. The Labute approximate surface area is 125 Å². The summed E-state index contributed by atoms with van der Waals surface area (Å²) in [6, 6.07) is 4.04. The molecular weight excluding hydrogens is 270 g/mol. The maximum atomic E-state index is 5.66. The van der Waals surface area contributed by atoms with Crippen molar-refractivity contribution in [2.45, 2.75) is 6.54 Å². The second-order valence-corrected chi connectivity index (χ2v) is 5.45. The van der Waals surface area contributed by atoms with Crippen molar-refractivity contribution in [1.29, 1.82) is 0 Å². The number of ether oxygens (including phenoxy) is 3. The summed E-state index contributed by atoms with van der Waals surface area (Å²) in [4.78, 5) is 2.34. The van der Waals surface area contributed by atoms with Gasteiger partial charge in [0.1, 0.15) is 13.2 Å². The number of methoxy groups -OCH3 is 1. The molecule has 2 heterocycles. The third kappa shape index (κ3) is 3.40. The number of hydrazine groups is 1. The molecule has 1 N–H and O–H groups in total. The van der Waals surface area contributed by atoms with Crippen LogP contribution in [-0.4, -0.2) is 63.5 Å². The number of likely N-dealkylation sites (N-methyl/N-ethyl adjacent to an activating group) is 1. The highest BCUT2D eigenvalue weighted by Crippen LogP contribution is 2.40. The smallest absolute Gasteiger partial charge is 0.203 e. The molecule has 0 aromatic heterocycles. The minimum absolute atomic E-state index is 0.572. The zero-order chi connectivity index (χ0) is 14.7. The second kappa shape index (κ2) is 6.51. The van der Waals surface area contributed by atoms with Gasteiger partial charge in [-0.15, -0.1) is 0 Å². The van der Waals surface area contributed by atoms with Crippen LogP contribution in [-0.2, 0) is 6.54 Å². The van der Waals surface area contributed by atoms with Crippen LogP contribution in [0.2, 0.25) is 0 Å². The summed E-state index contributed by atoms with van der Waals surface area (Å²) in [5.74, 6) is 2.23. The van der Waals surface area contributed by atoms with Gasteiger partial charge >= 0.3 is 0 Å². The number of rotatable bonds is 4. The minimum atomic E-state index is 0.572. The molecule has 21 heavy (non-hydrogen) atoms. The molecule has 0 atom stereocenters. The molecule has 0 saturated carbocycles. The van der Waals surface area contributed by atoms with E-state index in [1.54, 1.807) is 7.11 Å². The van der Waals surface area contributed by atoms with Crippen LogP contribution >= 0.6 is 0 Å². The van der Waals surface area contributed by atoms with E-state index in [1.165, 1.54) is 0 Å². The summed E-state index contributed by atoms with van der Waals surface area (Å²) in [5, 5.41) is 2.27. The van der Waals surface area contributed by atoms with Gasteiger partial charge in [-0.2, -0.15) is 0 Å². The molecule has 0 radical (unpaired) electrons. The monoisotopic (exact) mass is 293 g/mol. The van der Waals surface area contributed by atoms with Crippen molar-refractivity contribution in [3.8, 4) is 17.2 Å². The lowest BCUT2D eigenvalue weighted by Crippen LogP contribution is -2.50. The van der Waals surface area contributed by atoms with Gasteiger partial charge in [0, 0.05) is 32.7 Å². The minimum Gasteiger partial charge on any atom is -0.493 e. The van der Waals surface area contributed by atoms with Crippen LogP contribution in [0.1, 0.15) is 5.56 Å². The van der Waals surface area contributed by atoms with Gasteiger partial charge in [0.05, 0.1) is 7.11 Å². The number of nitrogens with one attached hydrogen (secondary N) is 1.